The van der Waals surface area contributed by atoms with Crippen LogP contribution in [0.4, 0.5) is 5.69 Å². The smallest absolute Gasteiger partial charge is 0.251 e. The molecule has 0 aliphatic heterocycles. The first kappa shape index (κ1) is 18.7. The van der Waals surface area contributed by atoms with Crippen LogP contribution in [0, 0.1) is 0 Å². The summed E-state index contributed by atoms with van der Waals surface area (Å²) in [7, 11) is 1.91. The molecule has 2 aromatic rings. The lowest BCUT2D eigenvalue weighted by Gasteiger charge is -2.16. The molecule has 0 spiro atoms. The SMILES string of the molecule is CCCNC(=O)c1ccc(NC(=O)CN(C)Cc2ccccc2)cc1. The zero-order valence-electron chi connectivity index (χ0n) is 14.8. The standard InChI is InChI=1S/C20H25N3O2/c1-3-13-21-20(25)17-9-11-18(12-10-17)22-19(24)15-23(2)14-16-7-5-4-6-8-16/h4-12H,3,13-15H2,1-2H3,(H,21,25)(H,22,24). The Labute approximate surface area is 149 Å². The monoisotopic (exact) mass is 339 g/mol. The number of anilines is 1. The number of rotatable bonds is 8. The van der Waals surface area contributed by atoms with Crippen molar-refractivity contribution in [2.75, 3.05) is 25.5 Å². The fourth-order valence-electron chi connectivity index (χ4n) is 2.44. The van der Waals surface area contributed by atoms with Crippen molar-refractivity contribution >= 4 is 17.5 Å². The summed E-state index contributed by atoms with van der Waals surface area (Å²) in [5.74, 6) is -0.177. The van der Waals surface area contributed by atoms with Crippen LogP contribution in [0.1, 0.15) is 29.3 Å². The molecular formula is C20H25N3O2. The molecular weight excluding hydrogens is 314 g/mol. The number of likely N-dealkylation sites (N-methyl/N-ethyl adjacent to an activating group) is 1. The van der Waals surface area contributed by atoms with Crippen molar-refractivity contribution in [1.82, 2.24) is 10.2 Å². The van der Waals surface area contributed by atoms with Crippen LogP contribution >= 0.6 is 0 Å². The summed E-state index contributed by atoms with van der Waals surface area (Å²) < 4.78 is 0. The Bertz CT molecular complexity index is 684. The lowest BCUT2D eigenvalue weighted by Crippen LogP contribution is -2.29. The van der Waals surface area contributed by atoms with E-state index in [2.05, 4.69) is 10.6 Å². The summed E-state index contributed by atoms with van der Waals surface area (Å²) in [6.45, 7) is 3.68. The van der Waals surface area contributed by atoms with Crippen LogP contribution in [0.15, 0.2) is 54.6 Å². The van der Waals surface area contributed by atoms with Gasteiger partial charge < -0.3 is 10.6 Å². The van der Waals surface area contributed by atoms with Gasteiger partial charge in [0.1, 0.15) is 0 Å². The van der Waals surface area contributed by atoms with Crippen LogP contribution in [-0.4, -0.2) is 36.9 Å². The normalized spacial score (nSPS) is 10.5. The van der Waals surface area contributed by atoms with Crippen LogP contribution in [0.3, 0.4) is 0 Å². The van der Waals surface area contributed by atoms with Gasteiger partial charge in [-0.2, -0.15) is 0 Å². The van der Waals surface area contributed by atoms with Crippen molar-refractivity contribution < 1.29 is 9.59 Å². The van der Waals surface area contributed by atoms with Gasteiger partial charge in [0.15, 0.2) is 0 Å². The largest absolute Gasteiger partial charge is 0.352 e. The molecule has 0 saturated carbocycles. The van der Waals surface area contributed by atoms with E-state index in [9.17, 15) is 9.59 Å². The maximum absolute atomic E-state index is 12.1. The second-order valence-electron chi connectivity index (χ2n) is 6.04. The maximum atomic E-state index is 12.1. The molecule has 0 fully saturated rings. The number of amides is 2. The third kappa shape index (κ3) is 6.39. The van der Waals surface area contributed by atoms with Gasteiger partial charge in [0, 0.05) is 24.3 Å². The molecule has 2 rings (SSSR count). The highest BCUT2D eigenvalue weighted by molar-refractivity contribution is 5.96. The highest BCUT2D eigenvalue weighted by Gasteiger charge is 2.09. The third-order valence-corrected chi connectivity index (χ3v) is 3.68. The number of carbonyl (C=O) groups excluding carboxylic acids is 2. The molecule has 2 amide bonds. The lowest BCUT2D eigenvalue weighted by atomic mass is 10.2. The third-order valence-electron chi connectivity index (χ3n) is 3.68. The molecule has 5 nitrogen and oxygen atoms in total. The molecule has 0 saturated heterocycles. The van der Waals surface area contributed by atoms with Crippen molar-refractivity contribution in [2.45, 2.75) is 19.9 Å². The van der Waals surface area contributed by atoms with E-state index >= 15 is 0 Å². The van der Waals surface area contributed by atoms with Crippen molar-refractivity contribution in [3.8, 4) is 0 Å². The van der Waals surface area contributed by atoms with Gasteiger partial charge in [0.25, 0.3) is 5.91 Å². The molecule has 0 atom stereocenters. The van der Waals surface area contributed by atoms with Gasteiger partial charge in [-0.05, 0) is 43.3 Å². The summed E-state index contributed by atoms with van der Waals surface area (Å²) >= 11 is 0. The predicted molar refractivity (Wildman–Crippen MR) is 100 cm³/mol. The molecule has 2 aromatic carbocycles. The summed E-state index contributed by atoms with van der Waals surface area (Å²) in [6.07, 6.45) is 0.899. The number of nitrogens with one attached hydrogen (secondary N) is 2. The zero-order valence-corrected chi connectivity index (χ0v) is 14.8. The Morgan fingerprint density at radius 1 is 1.00 bits per heavy atom. The van der Waals surface area contributed by atoms with E-state index in [1.807, 2.05) is 49.2 Å². The minimum absolute atomic E-state index is 0.0818. The van der Waals surface area contributed by atoms with Gasteiger partial charge in [-0.1, -0.05) is 37.3 Å². The highest BCUT2D eigenvalue weighted by atomic mass is 16.2. The Morgan fingerprint density at radius 2 is 1.68 bits per heavy atom. The fourth-order valence-corrected chi connectivity index (χ4v) is 2.44. The minimum atomic E-state index is -0.0951. The Balaban J connectivity index is 1.82. The predicted octanol–water partition coefficient (Wildman–Crippen LogP) is 2.90. The average molecular weight is 339 g/mol. The van der Waals surface area contributed by atoms with E-state index < -0.39 is 0 Å². The number of carbonyl (C=O) groups is 2. The molecule has 25 heavy (non-hydrogen) atoms. The quantitative estimate of drug-likeness (QED) is 0.777. The number of hydrogen-bond acceptors (Lipinski definition) is 3. The average Bonchev–Trinajstić information content (AvgIpc) is 2.61. The first-order valence-electron chi connectivity index (χ1n) is 8.49. The second-order valence-corrected chi connectivity index (χ2v) is 6.04. The lowest BCUT2D eigenvalue weighted by molar-refractivity contribution is -0.117. The number of hydrogen-bond donors (Lipinski definition) is 2. The molecule has 0 radical (unpaired) electrons. The molecule has 132 valence electrons. The van der Waals surface area contributed by atoms with Crippen molar-refractivity contribution in [2.24, 2.45) is 0 Å². The van der Waals surface area contributed by atoms with E-state index in [0.717, 1.165) is 6.42 Å². The summed E-state index contributed by atoms with van der Waals surface area (Å²) in [5, 5.41) is 5.68. The van der Waals surface area contributed by atoms with E-state index in [1.54, 1.807) is 24.3 Å². The van der Waals surface area contributed by atoms with Crippen LogP contribution in [-0.2, 0) is 11.3 Å². The first-order valence-corrected chi connectivity index (χ1v) is 8.49. The fraction of sp³-hybridized carbons (Fsp3) is 0.300. The number of benzene rings is 2. The topological polar surface area (TPSA) is 61.4 Å². The summed E-state index contributed by atoms with van der Waals surface area (Å²) in [6, 6.07) is 17.0. The van der Waals surface area contributed by atoms with Gasteiger partial charge in [-0.15, -0.1) is 0 Å². The van der Waals surface area contributed by atoms with Crippen LogP contribution in [0.25, 0.3) is 0 Å². The molecule has 0 bridgehead atoms. The molecule has 0 aliphatic carbocycles. The van der Waals surface area contributed by atoms with Gasteiger partial charge >= 0.3 is 0 Å². The van der Waals surface area contributed by atoms with Gasteiger partial charge in [-0.3, -0.25) is 14.5 Å². The van der Waals surface area contributed by atoms with E-state index in [-0.39, 0.29) is 11.8 Å². The summed E-state index contributed by atoms with van der Waals surface area (Å²) in [5.41, 5.74) is 2.44. The highest BCUT2D eigenvalue weighted by Crippen LogP contribution is 2.10. The van der Waals surface area contributed by atoms with E-state index in [4.69, 9.17) is 0 Å². The van der Waals surface area contributed by atoms with E-state index in [1.165, 1.54) is 5.56 Å². The molecule has 0 aromatic heterocycles. The zero-order chi connectivity index (χ0) is 18.1. The minimum Gasteiger partial charge on any atom is -0.352 e. The molecule has 0 unspecified atom stereocenters. The molecule has 5 heteroatoms. The van der Waals surface area contributed by atoms with Crippen molar-refractivity contribution in [3.63, 3.8) is 0 Å². The maximum Gasteiger partial charge on any atom is 0.251 e. The Hall–Kier alpha value is -2.66. The second kappa shape index (κ2) is 9.59. The Morgan fingerprint density at radius 3 is 2.32 bits per heavy atom. The number of nitrogens with zero attached hydrogens (tertiary/aromatic N) is 1. The first-order chi connectivity index (χ1) is 12.1. The van der Waals surface area contributed by atoms with Crippen LogP contribution < -0.4 is 10.6 Å². The van der Waals surface area contributed by atoms with E-state index in [0.29, 0.717) is 30.9 Å². The van der Waals surface area contributed by atoms with Gasteiger partial charge in [0.05, 0.1) is 6.54 Å². The molecule has 2 N–H and O–H groups in total. The van der Waals surface area contributed by atoms with Gasteiger partial charge in [-0.25, -0.2) is 0 Å². The van der Waals surface area contributed by atoms with Crippen molar-refractivity contribution in [1.29, 1.82) is 0 Å². The van der Waals surface area contributed by atoms with Crippen molar-refractivity contribution in [3.05, 3.63) is 65.7 Å². The molecule has 0 heterocycles. The van der Waals surface area contributed by atoms with Crippen LogP contribution in [0.2, 0.25) is 0 Å². The van der Waals surface area contributed by atoms with Crippen LogP contribution in [0.5, 0.6) is 0 Å². The van der Waals surface area contributed by atoms with Gasteiger partial charge in [0.2, 0.25) is 5.91 Å². The molecule has 0 aliphatic rings. The Kier molecular flexibility index (Phi) is 7.16. The summed E-state index contributed by atoms with van der Waals surface area (Å²) in [4.78, 5) is 25.9.